The molecule has 1 heterocycles. The van der Waals surface area contributed by atoms with E-state index in [9.17, 15) is 0 Å². The van der Waals surface area contributed by atoms with Gasteiger partial charge < -0.3 is 5.32 Å². The van der Waals surface area contributed by atoms with E-state index >= 15 is 0 Å². The van der Waals surface area contributed by atoms with Gasteiger partial charge in [0.15, 0.2) is 0 Å². The van der Waals surface area contributed by atoms with Crippen LogP contribution in [0.1, 0.15) is 12.8 Å². The Kier molecular flexibility index (Phi) is 1.80. The molecule has 0 saturated carbocycles. The first kappa shape index (κ1) is 6.71. The first-order valence-corrected chi connectivity index (χ1v) is 4.25. The maximum Gasteiger partial charge on any atom is 0.0141 e. The molecular weight excluding hydrogens is 134 g/mol. The number of nitrogens with one attached hydrogen (secondary N) is 1. The third kappa shape index (κ3) is 1.37. The van der Waals surface area contributed by atoms with E-state index in [1.54, 1.807) is 0 Å². The van der Waals surface area contributed by atoms with Gasteiger partial charge in [0.2, 0.25) is 0 Å². The molecule has 0 spiro atoms. The summed E-state index contributed by atoms with van der Waals surface area (Å²) in [5.74, 6) is 0.676. The van der Waals surface area contributed by atoms with Crippen LogP contribution in [0.4, 0.5) is 0 Å². The predicted molar refractivity (Wildman–Crippen MR) is 47.1 cm³/mol. The summed E-state index contributed by atoms with van der Waals surface area (Å²) >= 11 is 0. The van der Waals surface area contributed by atoms with E-state index in [-0.39, 0.29) is 0 Å². The largest absolute Gasteiger partial charge is 0.391 e. The number of rotatable bonds is 0. The Morgan fingerprint density at radius 2 is 2.36 bits per heavy atom. The van der Waals surface area contributed by atoms with Crippen LogP contribution in [-0.4, -0.2) is 6.54 Å². The minimum absolute atomic E-state index is 0.676. The standard InChI is InChI=1S/C10H13N/c1-2-5-10-8-11-7-3-6-9(10)4-1/h1-2,4-5,8-9,11H,3,6-7H2. The van der Waals surface area contributed by atoms with Crippen molar-refractivity contribution >= 4 is 0 Å². The third-order valence-corrected chi connectivity index (χ3v) is 2.28. The quantitative estimate of drug-likeness (QED) is 0.552. The number of fused-ring (bicyclic) bond motifs is 1. The number of hydrogen-bond donors (Lipinski definition) is 1. The van der Waals surface area contributed by atoms with E-state index in [0.29, 0.717) is 5.92 Å². The summed E-state index contributed by atoms with van der Waals surface area (Å²) in [4.78, 5) is 0. The molecule has 11 heavy (non-hydrogen) atoms. The molecule has 2 rings (SSSR count). The van der Waals surface area contributed by atoms with Gasteiger partial charge in [-0.1, -0.05) is 24.3 Å². The van der Waals surface area contributed by atoms with Gasteiger partial charge in [-0.15, -0.1) is 0 Å². The Labute approximate surface area is 67.5 Å². The van der Waals surface area contributed by atoms with Crippen LogP contribution in [0.25, 0.3) is 0 Å². The first-order chi connectivity index (χ1) is 5.47. The molecule has 0 bridgehead atoms. The summed E-state index contributed by atoms with van der Waals surface area (Å²) in [6.07, 6.45) is 13.5. The molecule has 0 radical (unpaired) electrons. The fraction of sp³-hybridized carbons (Fsp3) is 0.400. The van der Waals surface area contributed by atoms with E-state index in [0.717, 1.165) is 6.54 Å². The fourth-order valence-electron chi connectivity index (χ4n) is 1.63. The molecule has 1 heteroatoms. The van der Waals surface area contributed by atoms with Crippen LogP contribution in [0.2, 0.25) is 0 Å². The van der Waals surface area contributed by atoms with Crippen LogP contribution in [-0.2, 0) is 0 Å². The summed E-state index contributed by atoms with van der Waals surface area (Å²) in [5.41, 5.74) is 1.44. The second-order valence-electron chi connectivity index (χ2n) is 3.09. The van der Waals surface area contributed by atoms with Gasteiger partial charge in [0.25, 0.3) is 0 Å². The van der Waals surface area contributed by atoms with Crippen molar-refractivity contribution in [2.24, 2.45) is 5.92 Å². The van der Waals surface area contributed by atoms with Gasteiger partial charge in [0, 0.05) is 18.7 Å². The Morgan fingerprint density at radius 3 is 3.36 bits per heavy atom. The molecular formula is C10H13N. The van der Waals surface area contributed by atoms with Gasteiger partial charge in [0.1, 0.15) is 0 Å². The lowest BCUT2D eigenvalue weighted by molar-refractivity contribution is 0.646. The zero-order valence-corrected chi connectivity index (χ0v) is 6.59. The lowest BCUT2D eigenvalue weighted by atomic mass is 9.92. The van der Waals surface area contributed by atoms with Crippen molar-refractivity contribution in [3.05, 3.63) is 36.1 Å². The molecule has 0 fully saturated rings. The van der Waals surface area contributed by atoms with E-state index in [1.165, 1.54) is 18.4 Å². The maximum atomic E-state index is 3.30. The SMILES string of the molecule is C1=CC2=CNCCCC2C=C1. The van der Waals surface area contributed by atoms with E-state index in [2.05, 4.69) is 35.8 Å². The van der Waals surface area contributed by atoms with Crippen molar-refractivity contribution in [3.63, 3.8) is 0 Å². The van der Waals surface area contributed by atoms with Gasteiger partial charge in [-0.2, -0.15) is 0 Å². The highest BCUT2D eigenvalue weighted by molar-refractivity contribution is 5.32. The molecule has 0 aromatic carbocycles. The maximum absolute atomic E-state index is 3.30. The molecule has 1 nitrogen and oxygen atoms in total. The summed E-state index contributed by atoms with van der Waals surface area (Å²) in [7, 11) is 0. The lowest BCUT2D eigenvalue weighted by Gasteiger charge is -2.12. The van der Waals surface area contributed by atoms with Crippen LogP contribution in [0.5, 0.6) is 0 Å². The summed E-state index contributed by atoms with van der Waals surface area (Å²) in [6.45, 7) is 1.13. The fourth-order valence-corrected chi connectivity index (χ4v) is 1.63. The predicted octanol–water partition coefficient (Wildman–Crippen LogP) is 2.00. The molecule has 1 aliphatic heterocycles. The lowest BCUT2D eigenvalue weighted by Crippen LogP contribution is -2.04. The van der Waals surface area contributed by atoms with Crippen LogP contribution >= 0.6 is 0 Å². The third-order valence-electron chi connectivity index (χ3n) is 2.28. The average molecular weight is 147 g/mol. The zero-order valence-electron chi connectivity index (χ0n) is 6.59. The molecule has 2 aliphatic rings. The number of allylic oxidation sites excluding steroid dienone is 5. The Bertz CT molecular complexity index is 223. The Morgan fingerprint density at radius 1 is 1.36 bits per heavy atom. The highest BCUT2D eigenvalue weighted by atomic mass is 14.8. The summed E-state index contributed by atoms with van der Waals surface area (Å²) in [6, 6.07) is 0. The van der Waals surface area contributed by atoms with Crippen molar-refractivity contribution in [3.8, 4) is 0 Å². The van der Waals surface area contributed by atoms with E-state index in [1.807, 2.05) is 0 Å². The molecule has 0 saturated heterocycles. The number of hydrogen-bond acceptors (Lipinski definition) is 1. The monoisotopic (exact) mass is 147 g/mol. The van der Waals surface area contributed by atoms with E-state index in [4.69, 9.17) is 0 Å². The molecule has 0 aromatic heterocycles. The molecule has 0 amide bonds. The molecule has 1 aliphatic carbocycles. The van der Waals surface area contributed by atoms with Gasteiger partial charge in [-0.05, 0) is 18.4 Å². The van der Waals surface area contributed by atoms with Gasteiger partial charge in [-0.3, -0.25) is 0 Å². The normalized spacial score (nSPS) is 28.4. The molecule has 0 aromatic rings. The molecule has 1 N–H and O–H groups in total. The van der Waals surface area contributed by atoms with Gasteiger partial charge in [-0.25, -0.2) is 0 Å². The summed E-state index contributed by atoms with van der Waals surface area (Å²) in [5, 5.41) is 3.30. The van der Waals surface area contributed by atoms with Crippen molar-refractivity contribution in [2.45, 2.75) is 12.8 Å². The van der Waals surface area contributed by atoms with Crippen molar-refractivity contribution in [1.29, 1.82) is 0 Å². The van der Waals surface area contributed by atoms with Crippen molar-refractivity contribution < 1.29 is 0 Å². The summed E-state index contributed by atoms with van der Waals surface area (Å²) < 4.78 is 0. The van der Waals surface area contributed by atoms with Crippen LogP contribution in [0.3, 0.4) is 0 Å². The Hall–Kier alpha value is -0.980. The molecule has 1 unspecified atom stereocenters. The zero-order chi connectivity index (χ0) is 7.52. The first-order valence-electron chi connectivity index (χ1n) is 4.25. The van der Waals surface area contributed by atoms with Crippen LogP contribution in [0, 0.1) is 5.92 Å². The highest BCUT2D eigenvalue weighted by Crippen LogP contribution is 2.24. The van der Waals surface area contributed by atoms with Crippen molar-refractivity contribution in [2.75, 3.05) is 6.54 Å². The minimum Gasteiger partial charge on any atom is -0.391 e. The second-order valence-corrected chi connectivity index (χ2v) is 3.09. The van der Waals surface area contributed by atoms with Crippen LogP contribution < -0.4 is 5.32 Å². The minimum atomic E-state index is 0.676. The van der Waals surface area contributed by atoms with Crippen molar-refractivity contribution in [1.82, 2.24) is 5.32 Å². The molecule has 1 atom stereocenters. The second kappa shape index (κ2) is 2.95. The van der Waals surface area contributed by atoms with Gasteiger partial charge >= 0.3 is 0 Å². The van der Waals surface area contributed by atoms with E-state index < -0.39 is 0 Å². The smallest absolute Gasteiger partial charge is 0.0141 e. The van der Waals surface area contributed by atoms with Crippen LogP contribution in [0.15, 0.2) is 36.1 Å². The molecule has 58 valence electrons. The van der Waals surface area contributed by atoms with Gasteiger partial charge in [0.05, 0.1) is 0 Å². The topological polar surface area (TPSA) is 12.0 Å². The highest BCUT2D eigenvalue weighted by Gasteiger charge is 2.12. The Balaban J connectivity index is 2.21. The average Bonchev–Trinajstić information content (AvgIpc) is 2.28.